The predicted octanol–water partition coefficient (Wildman–Crippen LogP) is 2.48. The molecule has 9 heteroatoms. The third kappa shape index (κ3) is 3.86. The number of halogens is 4. The molecule has 1 heterocycles. The van der Waals surface area contributed by atoms with E-state index >= 15 is 0 Å². The SMILES string of the molecule is CNC(C(=O)Nc1cc(C(F)(F)F)ccc1F)c1cnn(C)c1. The summed E-state index contributed by atoms with van der Waals surface area (Å²) < 4.78 is 53.2. The molecule has 0 saturated heterocycles. The second kappa shape index (κ2) is 6.37. The van der Waals surface area contributed by atoms with Crippen molar-refractivity contribution in [3.63, 3.8) is 0 Å². The van der Waals surface area contributed by atoms with Gasteiger partial charge in [0.2, 0.25) is 5.91 Å². The molecule has 1 aromatic carbocycles. The summed E-state index contributed by atoms with van der Waals surface area (Å²) in [6.45, 7) is 0. The summed E-state index contributed by atoms with van der Waals surface area (Å²) in [4.78, 5) is 12.2. The molecular formula is C14H14F4N4O. The molecule has 1 amide bonds. The number of hydrogen-bond acceptors (Lipinski definition) is 3. The first-order chi connectivity index (χ1) is 10.7. The van der Waals surface area contributed by atoms with Crippen LogP contribution in [0.5, 0.6) is 0 Å². The third-order valence-corrected chi connectivity index (χ3v) is 3.16. The lowest BCUT2D eigenvalue weighted by Gasteiger charge is -2.16. The lowest BCUT2D eigenvalue weighted by Crippen LogP contribution is -2.30. The van der Waals surface area contributed by atoms with Crippen LogP contribution >= 0.6 is 0 Å². The Kier molecular flexibility index (Phi) is 4.69. The Bertz CT molecular complexity index is 711. The van der Waals surface area contributed by atoms with E-state index in [1.54, 1.807) is 13.2 Å². The van der Waals surface area contributed by atoms with Gasteiger partial charge in [-0.05, 0) is 25.2 Å². The lowest BCUT2D eigenvalue weighted by molar-refractivity contribution is -0.137. The number of likely N-dealkylation sites (N-methyl/N-ethyl adjacent to an activating group) is 1. The molecule has 23 heavy (non-hydrogen) atoms. The molecule has 124 valence electrons. The van der Waals surface area contributed by atoms with Crippen LogP contribution in [-0.2, 0) is 18.0 Å². The summed E-state index contributed by atoms with van der Waals surface area (Å²) in [5.41, 5.74) is -1.08. The van der Waals surface area contributed by atoms with E-state index < -0.39 is 35.2 Å². The van der Waals surface area contributed by atoms with E-state index in [-0.39, 0.29) is 0 Å². The van der Waals surface area contributed by atoms with Gasteiger partial charge in [-0.25, -0.2) is 4.39 Å². The van der Waals surface area contributed by atoms with Crippen molar-refractivity contribution in [2.24, 2.45) is 7.05 Å². The Morgan fingerprint density at radius 2 is 2.04 bits per heavy atom. The minimum atomic E-state index is -4.63. The van der Waals surface area contributed by atoms with Crippen molar-refractivity contribution in [3.05, 3.63) is 47.5 Å². The number of benzene rings is 1. The standard InChI is InChI=1S/C14H14F4N4O/c1-19-12(8-6-20-22(2)7-8)13(23)21-11-5-9(14(16,17)18)3-4-10(11)15/h3-7,12,19H,1-2H3,(H,21,23). The fraction of sp³-hybridized carbons (Fsp3) is 0.286. The molecule has 0 radical (unpaired) electrons. The molecule has 2 N–H and O–H groups in total. The van der Waals surface area contributed by atoms with E-state index in [0.29, 0.717) is 23.8 Å². The predicted molar refractivity (Wildman–Crippen MR) is 75.0 cm³/mol. The summed E-state index contributed by atoms with van der Waals surface area (Å²) in [7, 11) is 3.15. The number of alkyl halides is 3. The molecule has 1 aromatic heterocycles. The molecule has 1 atom stereocenters. The Morgan fingerprint density at radius 3 is 2.57 bits per heavy atom. The Balaban J connectivity index is 2.25. The average molecular weight is 330 g/mol. The normalized spacial score (nSPS) is 13.0. The van der Waals surface area contributed by atoms with Crippen molar-refractivity contribution in [2.45, 2.75) is 12.2 Å². The zero-order chi connectivity index (χ0) is 17.2. The Labute approximate surface area is 129 Å². The summed E-state index contributed by atoms with van der Waals surface area (Å²) in [6.07, 6.45) is -1.62. The van der Waals surface area contributed by atoms with E-state index in [1.165, 1.54) is 17.9 Å². The van der Waals surface area contributed by atoms with Crippen LogP contribution < -0.4 is 10.6 Å². The van der Waals surface area contributed by atoms with Gasteiger partial charge in [0.25, 0.3) is 0 Å². The maximum absolute atomic E-state index is 13.7. The van der Waals surface area contributed by atoms with Gasteiger partial charge in [0.15, 0.2) is 0 Å². The number of aromatic nitrogens is 2. The molecule has 5 nitrogen and oxygen atoms in total. The second-order valence-electron chi connectivity index (χ2n) is 4.85. The van der Waals surface area contributed by atoms with Crippen molar-refractivity contribution in [2.75, 3.05) is 12.4 Å². The van der Waals surface area contributed by atoms with Crippen LogP contribution in [-0.4, -0.2) is 22.7 Å². The third-order valence-electron chi connectivity index (χ3n) is 3.16. The highest BCUT2D eigenvalue weighted by atomic mass is 19.4. The van der Waals surface area contributed by atoms with E-state index in [4.69, 9.17) is 0 Å². The Morgan fingerprint density at radius 1 is 1.35 bits per heavy atom. The quantitative estimate of drug-likeness (QED) is 0.847. The van der Waals surface area contributed by atoms with E-state index in [2.05, 4.69) is 15.7 Å². The first-order valence-electron chi connectivity index (χ1n) is 6.56. The highest BCUT2D eigenvalue weighted by Gasteiger charge is 2.31. The minimum Gasteiger partial charge on any atom is -0.322 e. The van der Waals surface area contributed by atoms with E-state index in [1.807, 2.05) is 0 Å². The molecular weight excluding hydrogens is 316 g/mol. The maximum Gasteiger partial charge on any atom is 0.416 e. The van der Waals surface area contributed by atoms with Crippen molar-refractivity contribution >= 4 is 11.6 Å². The van der Waals surface area contributed by atoms with Crippen LogP contribution in [0.2, 0.25) is 0 Å². The second-order valence-corrected chi connectivity index (χ2v) is 4.85. The number of nitrogens with one attached hydrogen (secondary N) is 2. The zero-order valence-electron chi connectivity index (χ0n) is 12.3. The van der Waals surface area contributed by atoms with Gasteiger partial charge in [0, 0.05) is 18.8 Å². The number of anilines is 1. The molecule has 0 aliphatic rings. The van der Waals surface area contributed by atoms with Gasteiger partial charge in [0.05, 0.1) is 17.4 Å². The maximum atomic E-state index is 13.7. The van der Waals surface area contributed by atoms with Crippen molar-refractivity contribution in [1.29, 1.82) is 0 Å². The number of hydrogen-bond donors (Lipinski definition) is 2. The fourth-order valence-corrected chi connectivity index (χ4v) is 2.04. The first kappa shape index (κ1) is 16.9. The molecule has 2 rings (SSSR count). The Hall–Kier alpha value is -2.42. The largest absolute Gasteiger partial charge is 0.416 e. The number of aryl methyl sites for hydroxylation is 1. The average Bonchev–Trinajstić information content (AvgIpc) is 2.87. The molecule has 0 aliphatic carbocycles. The van der Waals surface area contributed by atoms with Crippen LogP contribution in [0.25, 0.3) is 0 Å². The minimum absolute atomic E-state index is 0.500. The van der Waals surface area contributed by atoms with Crippen LogP contribution in [0.4, 0.5) is 23.2 Å². The van der Waals surface area contributed by atoms with Crippen LogP contribution in [0.3, 0.4) is 0 Å². The summed E-state index contributed by atoms with van der Waals surface area (Å²) >= 11 is 0. The molecule has 1 unspecified atom stereocenters. The number of amides is 1. The highest BCUT2D eigenvalue weighted by molar-refractivity contribution is 5.95. The summed E-state index contributed by atoms with van der Waals surface area (Å²) in [5.74, 6) is -1.65. The van der Waals surface area contributed by atoms with E-state index in [0.717, 1.165) is 0 Å². The van der Waals surface area contributed by atoms with Crippen molar-refractivity contribution in [3.8, 4) is 0 Å². The number of carbonyl (C=O) groups is 1. The molecule has 0 fully saturated rings. The van der Waals surface area contributed by atoms with Gasteiger partial charge < -0.3 is 10.6 Å². The van der Waals surface area contributed by atoms with Crippen LogP contribution in [0, 0.1) is 5.82 Å². The van der Waals surface area contributed by atoms with Crippen molar-refractivity contribution < 1.29 is 22.4 Å². The smallest absolute Gasteiger partial charge is 0.322 e. The van der Waals surface area contributed by atoms with Gasteiger partial charge in [-0.15, -0.1) is 0 Å². The molecule has 0 spiro atoms. The van der Waals surface area contributed by atoms with E-state index in [9.17, 15) is 22.4 Å². The van der Waals surface area contributed by atoms with Crippen LogP contribution in [0.1, 0.15) is 17.2 Å². The number of rotatable bonds is 4. The van der Waals surface area contributed by atoms with Gasteiger partial charge in [-0.2, -0.15) is 18.3 Å². The number of carbonyl (C=O) groups excluding carboxylic acids is 1. The molecule has 0 bridgehead atoms. The number of nitrogens with zero attached hydrogens (tertiary/aromatic N) is 2. The summed E-state index contributed by atoms with van der Waals surface area (Å²) in [5, 5.41) is 8.79. The topological polar surface area (TPSA) is 59.0 Å². The highest BCUT2D eigenvalue weighted by Crippen LogP contribution is 2.32. The lowest BCUT2D eigenvalue weighted by atomic mass is 10.1. The van der Waals surface area contributed by atoms with Gasteiger partial charge in [0.1, 0.15) is 11.9 Å². The first-order valence-corrected chi connectivity index (χ1v) is 6.56. The monoisotopic (exact) mass is 330 g/mol. The van der Waals surface area contributed by atoms with Crippen molar-refractivity contribution in [1.82, 2.24) is 15.1 Å². The summed E-state index contributed by atoms with van der Waals surface area (Å²) in [6, 6.07) is 0.958. The van der Waals surface area contributed by atoms with Gasteiger partial charge >= 0.3 is 6.18 Å². The fourth-order valence-electron chi connectivity index (χ4n) is 2.04. The van der Waals surface area contributed by atoms with Gasteiger partial charge in [-0.3, -0.25) is 9.48 Å². The van der Waals surface area contributed by atoms with Crippen LogP contribution in [0.15, 0.2) is 30.6 Å². The molecule has 0 aliphatic heterocycles. The molecule has 2 aromatic rings. The van der Waals surface area contributed by atoms with Gasteiger partial charge in [-0.1, -0.05) is 0 Å². The zero-order valence-corrected chi connectivity index (χ0v) is 12.3. The molecule has 0 saturated carbocycles.